The van der Waals surface area contributed by atoms with E-state index < -0.39 is 5.51 Å². The van der Waals surface area contributed by atoms with Gasteiger partial charge in [-0.2, -0.15) is 13.2 Å². The molecule has 0 saturated heterocycles. The second kappa shape index (κ2) is 8.42. The Morgan fingerprint density at radius 3 is 2.42 bits per heavy atom. The molecule has 0 fully saturated rings. The molecule has 0 aromatic heterocycles. The predicted octanol–water partition coefficient (Wildman–Crippen LogP) is 2.40. The van der Waals surface area contributed by atoms with E-state index in [1.807, 2.05) is 0 Å². The van der Waals surface area contributed by atoms with Crippen LogP contribution in [0, 0.1) is 0 Å². The standard InChI is InChI=1S/C12H16F3NO2S/c13-12(14,15)19-11-3-1-10(2-4-11)9-16-5-7-18-8-6-17/h1-4,16-17H,5-9H2. The minimum absolute atomic E-state index is 0.00165. The van der Waals surface area contributed by atoms with Gasteiger partial charge in [-0.1, -0.05) is 12.1 Å². The number of ether oxygens (including phenoxy) is 1. The summed E-state index contributed by atoms with van der Waals surface area (Å²) in [4.78, 5) is 0.183. The van der Waals surface area contributed by atoms with Gasteiger partial charge in [0.05, 0.1) is 19.8 Å². The molecule has 0 heterocycles. The van der Waals surface area contributed by atoms with Gasteiger partial charge in [-0.05, 0) is 29.5 Å². The van der Waals surface area contributed by atoms with E-state index in [0.29, 0.717) is 26.3 Å². The molecular weight excluding hydrogens is 279 g/mol. The summed E-state index contributed by atoms with van der Waals surface area (Å²) in [7, 11) is 0. The first kappa shape index (κ1) is 16.3. The topological polar surface area (TPSA) is 41.5 Å². The van der Waals surface area contributed by atoms with Crippen LogP contribution in [0.5, 0.6) is 0 Å². The summed E-state index contributed by atoms with van der Waals surface area (Å²) >= 11 is -0.117. The highest BCUT2D eigenvalue weighted by Crippen LogP contribution is 2.36. The summed E-state index contributed by atoms with van der Waals surface area (Å²) in [6, 6.07) is 6.24. The van der Waals surface area contributed by atoms with Crippen molar-refractivity contribution in [3.8, 4) is 0 Å². The number of nitrogens with one attached hydrogen (secondary N) is 1. The molecule has 1 aromatic rings. The van der Waals surface area contributed by atoms with Gasteiger partial charge in [-0.25, -0.2) is 0 Å². The molecule has 2 N–H and O–H groups in total. The molecule has 7 heteroatoms. The fraction of sp³-hybridized carbons (Fsp3) is 0.500. The average Bonchev–Trinajstić information content (AvgIpc) is 2.34. The Morgan fingerprint density at radius 1 is 1.16 bits per heavy atom. The SMILES string of the molecule is OCCOCCNCc1ccc(SC(F)(F)F)cc1. The van der Waals surface area contributed by atoms with E-state index in [9.17, 15) is 13.2 Å². The van der Waals surface area contributed by atoms with Crippen LogP contribution in [0.15, 0.2) is 29.2 Å². The molecule has 0 aliphatic heterocycles. The zero-order valence-corrected chi connectivity index (χ0v) is 11.1. The summed E-state index contributed by atoms with van der Waals surface area (Å²) in [5, 5.41) is 11.6. The highest BCUT2D eigenvalue weighted by Gasteiger charge is 2.28. The van der Waals surface area contributed by atoms with E-state index in [4.69, 9.17) is 9.84 Å². The van der Waals surface area contributed by atoms with Crippen LogP contribution in [0.1, 0.15) is 5.56 Å². The van der Waals surface area contributed by atoms with Crippen LogP contribution in [0.3, 0.4) is 0 Å². The second-order valence-electron chi connectivity index (χ2n) is 3.70. The Morgan fingerprint density at radius 2 is 1.84 bits per heavy atom. The van der Waals surface area contributed by atoms with Gasteiger partial charge >= 0.3 is 5.51 Å². The number of rotatable bonds is 8. The fourth-order valence-corrected chi connectivity index (χ4v) is 1.89. The quantitative estimate of drug-likeness (QED) is 0.571. The third-order valence-electron chi connectivity index (χ3n) is 2.14. The van der Waals surface area contributed by atoms with Crippen LogP contribution in [0.4, 0.5) is 13.2 Å². The average molecular weight is 295 g/mol. The van der Waals surface area contributed by atoms with Crippen molar-refractivity contribution in [3.63, 3.8) is 0 Å². The van der Waals surface area contributed by atoms with Crippen molar-refractivity contribution in [1.82, 2.24) is 5.32 Å². The molecule has 0 atom stereocenters. The van der Waals surface area contributed by atoms with E-state index in [1.54, 1.807) is 12.1 Å². The first-order chi connectivity index (χ1) is 9.01. The molecule has 1 rings (SSSR count). The van der Waals surface area contributed by atoms with Crippen molar-refractivity contribution in [1.29, 1.82) is 0 Å². The van der Waals surface area contributed by atoms with Gasteiger partial charge in [0.25, 0.3) is 0 Å². The maximum Gasteiger partial charge on any atom is 0.446 e. The summed E-state index contributed by atoms with van der Waals surface area (Å²) in [5.41, 5.74) is -3.34. The number of hydrogen-bond donors (Lipinski definition) is 2. The lowest BCUT2D eigenvalue weighted by Crippen LogP contribution is -2.19. The first-order valence-corrected chi connectivity index (χ1v) is 6.57. The smallest absolute Gasteiger partial charge is 0.394 e. The molecule has 0 aliphatic rings. The summed E-state index contributed by atoms with van der Waals surface area (Å²) in [5.74, 6) is 0. The third kappa shape index (κ3) is 8.10. The first-order valence-electron chi connectivity index (χ1n) is 5.75. The number of aliphatic hydroxyl groups is 1. The largest absolute Gasteiger partial charge is 0.446 e. The molecule has 19 heavy (non-hydrogen) atoms. The van der Waals surface area contributed by atoms with Crippen LogP contribution in [-0.4, -0.2) is 37.0 Å². The lowest BCUT2D eigenvalue weighted by atomic mass is 10.2. The maximum atomic E-state index is 12.1. The normalized spacial score (nSPS) is 11.8. The van der Waals surface area contributed by atoms with Crippen molar-refractivity contribution >= 4 is 11.8 Å². The maximum absolute atomic E-state index is 12.1. The van der Waals surface area contributed by atoms with Crippen LogP contribution in [0.25, 0.3) is 0 Å². The fourth-order valence-electron chi connectivity index (χ4n) is 1.35. The van der Waals surface area contributed by atoms with Crippen molar-refractivity contribution in [2.24, 2.45) is 0 Å². The van der Waals surface area contributed by atoms with Gasteiger partial charge in [-0.3, -0.25) is 0 Å². The molecule has 0 saturated carbocycles. The van der Waals surface area contributed by atoms with Crippen molar-refractivity contribution in [3.05, 3.63) is 29.8 Å². The van der Waals surface area contributed by atoms with E-state index in [2.05, 4.69) is 5.32 Å². The predicted molar refractivity (Wildman–Crippen MR) is 68.0 cm³/mol. The number of halogens is 3. The van der Waals surface area contributed by atoms with Gasteiger partial charge in [0.2, 0.25) is 0 Å². The van der Waals surface area contributed by atoms with Gasteiger partial charge < -0.3 is 15.2 Å². The van der Waals surface area contributed by atoms with Crippen LogP contribution >= 0.6 is 11.8 Å². The zero-order chi connectivity index (χ0) is 14.1. The number of benzene rings is 1. The van der Waals surface area contributed by atoms with E-state index in [-0.39, 0.29) is 23.3 Å². The molecule has 0 amide bonds. The summed E-state index contributed by atoms with van der Waals surface area (Å²) < 4.78 is 41.4. The monoisotopic (exact) mass is 295 g/mol. The lowest BCUT2D eigenvalue weighted by Gasteiger charge is -2.08. The Hall–Kier alpha value is -0.760. The molecule has 0 aliphatic carbocycles. The third-order valence-corrected chi connectivity index (χ3v) is 2.88. The molecule has 0 bridgehead atoms. The van der Waals surface area contributed by atoms with E-state index in [1.165, 1.54) is 12.1 Å². The van der Waals surface area contributed by atoms with Crippen LogP contribution in [-0.2, 0) is 11.3 Å². The summed E-state index contributed by atoms with van der Waals surface area (Å²) in [6.45, 7) is 1.99. The molecule has 108 valence electrons. The molecule has 1 aromatic carbocycles. The Bertz CT molecular complexity index is 357. The summed E-state index contributed by atoms with van der Waals surface area (Å²) in [6.07, 6.45) is 0. The second-order valence-corrected chi connectivity index (χ2v) is 4.84. The number of alkyl halides is 3. The molecule has 3 nitrogen and oxygen atoms in total. The molecule has 0 radical (unpaired) electrons. The van der Waals surface area contributed by atoms with Gasteiger partial charge in [0.1, 0.15) is 0 Å². The van der Waals surface area contributed by atoms with Crippen molar-refractivity contribution in [2.75, 3.05) is 26.4 Å². The van der Waals surface area contributed by atoms with E-state index in [0.717, 1.165) is 5.56 Å². The van der Waals surface area contributed by atoms with Gasteiger partial charge in [-0.15, -0.1) is 0 Å². The van der Waals surface area contributed by atoms with Crippen LogP contribution in [0.2, 0.25) is 0 Å². The minimum Gasteiger partial charge on any atom is -0.394 e. The number of thioether (sulfide) groups is 1. The number of aliphatic hydroxyl groups excluding tert-OH is 1. The lowest BCUT2D eigenvalue weighted by molar-refractivity contribution is -0.0328. The molecule has 0 spiro atoms. The Balaban J connectivity index is 2.25. The minimum atomic E-state index is -4.25. The number of hydrogen-bond acceptors (Lipinski definition) is 4. The molecule has 0 unspecified atom stereocenters. The highest BCUT2D eigenvalue weighted by molar-refractivity contribution is 8.00. The van der Waals surface area contributed by atoms with Crippen molar-refractivity contribution in [2.45, 2.75) is 16.9 Å². The van der Waals surface area contributed by atoms with Crippen molar-refractivity contribution < 1.29 is 23.0 Å². The molecular formula is C12H16F3NO2S. The van der Waals surface area contributed by atoms with Gasteiger partial charge in [0, 0.05) is 18.0 Å². The van der Waals surface area contributed by atoms with Gasteiger partial charge in [0.15, 0.2) is 0 Å². The Kier molecular flexibility index (Phi) is 7.22. The Labute approximate surface area is 114 Å². The zero-order valence-electron chi connectivity index (χ0n) is 10.2. The highest BCUT2D eigenvalue weighted by atomic mass is 32.2. The van der Waals surface area contributed by atoms with E-state index >= 15 is 0 Å². The van der Waals surface area contributed by atoms with Crippen LogP contribution < -0.4 is 5.32 Å².